The molecule has 2 aliphatic heterocycles. The van der Waals surface area contributed by atoms with E-state index in [4.69, 9.17) is 9.47 Å². The number of hydrogen-bond acceptors (Lipinski definition) is 4. The molecule has 0 radical (unpaired) electrons. The van der Waals surface area contributed by atoms with Crippen molar-refractivity contribution < 1.29 is 19.1 Å². The smallest absolute Gasteiger partial charge is 0.222 e. The van der Waals surface area contributed by atoms with Crippen molar-refractivity contribution in [3.63, 3.8) is 0 Å². The predicted octanol–water partition coefficient (Wildman–Crippen LogP) is 6.61. The summed E-state index contributed by atoms with van der Waals surface area (Å²) < 4.78 is 10.8. The highest BCUT2D eigenvalue weighted by molar-refractivity contribution is 5.98. The Hall–Kier alpha value is -2.96. The van der Waals surface area contributed by atoms with E-state index in [0.717, 1.165) is 25.7 Å². The van der Waals surface area contributed by atoms with Gasteiger partial charge in [-0.05, 0) is 81.3 Å². The number of benzene rings is 3. The lowest BCUT2D eigenvalue weighted by molar-refractivity contribution is -0.136. The average molecular weight is 573 g/mol. The first-order valence-corrected chi connectivity index (χ1v) is 15.8. The molecule has 2 heterocycles. The molecule has 2 saturated heterocycles. The van der Waals surface area contributed by atoms with Crippen molar-refractivity contribution in [2.24, 2.45) is 0 Å². The number of carbonyl (C=O) groups excluding carboxylic acids is 2. The SMILES string of the molecule is CC(C)(CCCC(=O)N1CCOCC1)c1ccc2cc3ccc(C(C)(C)CCCC(=O)N4CCOCC4)cc3cc2c1. The van der Waals surface area contributed by atoms with E-state index in [0.29, 0.717) is 65.4 Å². The van der Waals surface area contributed by atoms with Crippen LogP contribution in [0, 0.1) is 0 Å². The lowest BCUT2D eigenvalue weighted by atomic mass is 9.78. The molecule has 3 aromatic carbocycles. The third kappa shape index (κ3) is 7.33. The summed E-state index contributed by atoms with van der Waals surface area (Å²) in [5, 5.41) is 5.00. The molecule has 226 valence electrons. The second-order valence-electron chi connectivity index (χ2n) is 13.4. The molecule has 0 bridgehead atoms. The summed E-state index contributed by atoms with van der Waals surface area (Å²) in [5.74, 6) is 0.503. The highest BCUT2D eigenvalue weighted by atomic mass is 16.5. The van der Waals surface area contributed by atoms with Gasteiger partial charge in [0.25, 0.3) is 0 Å². The summed E-state index contributed by atoms with van der Waals surface area (Å²) in [6, 6.07) is 18.3. The van der Waals surface area contributed by atoms with Crippen LogP contribution in [-0.4, -0.2) is 74.2 Å². The molecule has 0 atom stereocenters. The molecule has 0 spiro atoms. The van der Waals surface area contributed by atoms with Crippen LogP contribution >= 0.6 is 0 Å². The fourth-order valence-electron chi connectivity index (χ4n) is 6.43. The molecule has 0 saturated carbocycles. The minimum atomic E-state index is -0.0169. The number of ether oxygens (including phenoxy) is 2. The summed E-state index contributed by atoms with van der Waals surface area (Å²) in [6.45, 7) is 14.6. The molecule has 2 aliphatic rings. The lowest BCUT2D eigenvalue weighted by Crippen LogP contribution is -2.40. The van der Waals surface area contributed by atoms with Gasteiger partial charge in [-0.15, -0.1) is 0 Å². The minimum absolute atomic E-state index is 0.0169. The molecule has 6 nitrogen and oxygen atoms in total. The molecule has 2 amide bonds. The standard InChI is InChI=1S/C36H48N2O4/c1-35(2,13-5-7-33(39)37-15-19-41-20-16-37)31-11-9-27-23-28-10-12-32(26-30(28)24-29(27)25-31)36(3,4)14-6-8-34(40)38-17-21-42-22-18-38/h9-12,23-26H,5-8,13-22H2,1-4H3. The number of fused-ring (bicyclic) bond motifs is 2. The van der Waals surface area contributed by atoms with Crippen molar-refractivity contribution in [1.82, 2.24) is 9.80 Å². The molecule has 42 heavy (non-hydrogen) atoms. The van der Waals surface area contributed by atoms with Crippen molar-refractivity contribution in [1.29, 1.82) is 0 Å². The molecular weight excluding hydrogens is 524 g/mol. The van der Waals surface area contributed by atoms with Gasteiger partial charge in [0.2, 0.25) is 11.8 Å². The van der Waals surface area contributed by atoms with E-state index in [1.54, 1.807) is 0 Å². The Bertz CT molecular complexity index is 1300. The number of amides is 2. The summed E-state index contributed by atoms with van der Waals surface area (Å²) in [7, 11) is 0. The Morgan fingerprint density at radius 2 is 0.976 bits per heavy atom. The van der Waals surface area contributed by atoms with Crippen LogP contribution in [0.5, 0.6) is 0 Å². The van der Waals surface area contributed by atoms with Gasteiger partial charge < -0.3 is 19.3 Å². The normalized spacial score (nSPS) is 16.8. The van der Waals surface area contributed by atoms with Gasteiger partial charge in [0, 0.05) is 39.0 Å². The Balaban J connectivity index is 1.24. The molecule has 0 aliphatic carbocycles. The van der Waals surface area contributed by atoms with Crippen LogP contribution in [0.2, 0.25) is 0 Å². The van der Waals surface area contributed by atoms with Crippen LogP contribution < -0.4 is 0 Å². The van der Waals surface area contributed by atoms with Crippen molar-refractivity contribution in [3.05, 3.63) is 59.7 Å². The summed E-state index contributed by atoms with van der Waals surface area (Å²) >= 11 is 0. The van der Waals surface area contributed by atoms with E-state index < -0.39 is 0 Å². The molecule has 2 fully saturated rings. The van der Waals surface area contributed by atoms with Gasteiger partial charge in [-0.2, -0.15) is 0 Å². The van der Waals surface area contributed by atoms with E-state index in [2.05, 4.69) is 76.2 Å². The first-order valence-electron chi connectivity index (χ1n) is 15.8. The maximum absolute atomic E-state index is 12.6. The number of morpholine rings is 2. The fourth-order valence-corrected chi connectivity index (χ4v) is 6.43. The van der Waals surface area contributed by atoms with Gasteiger partial charge in [0.15, 0.2) is 0 Å². The Kier molecular flexibility index (Phi) is 9.54. The van der Waals surface area contributed by atoms with Crippen LogP contribution in [0.4, 0.5) is 0 Å². The minimum Gasteiger partial charge on any atom is -0.378 e. The molecule has 5 rings (SSSR count). The third-order valence-electron chi connectivity index (χ3n) is 9.47. The third-order valence-corrected chi connectivity index (χ3v) is 9.47. The van der Waals surface area contributed by atoms with Crippen LogP contribution in [0.25, 0.3) is 21.5 Å². The highest BCUT2D eigenvalue weighted by Gasteiger charge is 2.24. The maximum atomic E-state index is 12.6. The van der Waals surface area contributed by atoms with Gasteiger partial charge in [0.05, 0.1) is 26.4 Å². The fraction of sp³-hybridized carbons (Fsp3) is 0.556. The topological polar surface area (TPSA) is 59.1 Å². The number of rotatable bonds is 10. The Morgan fingerprint density at radius 3 is 1.38 bits per heavy atom. The van der Waals surface area contributed by atoms with E-state index in [-0.39, 0.29) is 22.6 Å². The van der Waals surface area contributed by atoms with Crippen molar-refractivity contribution >= 4 is 33.4 Å². The van der Waals surface area contributed by atoms with Gasteiger partial charge in [0.1, 0.15) is 0 Å². The zero-order chi connectivity index (χ0) is 29.7. The van der Waals surface area contributed by atoms with E-state index in [1.807, 2.05) is 9.80 Å². The van der Waals surface area contributed by atoms with E-state index in [9.17, 15) is 9.59 Å². The number of nitrogens with zero attached hydrogens (tertiary/aromatic N) is 2. The zero-order valence-electron chi connectivity index (χ0n) is 26.0. The number of hydrogen-bond donors (Lipinski definition) is 0. The first kappa shape index (κ1) is 30.5. The average Bonchev–Trinajstić information content (AvgIpc) is 3.00. The zero-order valence-corrected chi connectivity index (χ0v) is 26.0. The second kappa shape index (κ2) is 13.1. The summed E-state index contributed by atoms with van der Waals surface area (Å²) in [6.07, 6.45) is 4.90. The van der Waals surface area contributed by atoms with Crippen LogP contribution in [0.3, 0.4) is 0 Å². The largest absolute Gasteiger partial charge is 0.378 e. The molecule has 0 unspecified atom stereocenters. The predicted molar refractivity (Wildman–Crippen MR) is 170 cm³/mol. The van der Waals surface area contributed by atoms with Crippen molar-refractivity contribution in [2.75, 3.05) is 52.6 Å². The summed E-state index contributed by atoms with van der Waals surface area (Å²) in [5.41, 5.74) is 2.60. The molecule has 0 N–H and O–H groups in total. The quantitative estimate of drug-likeness (QED) is 0.257. The monoisotopic (exact) mass is 572 g/mol. The Labute approximate surface area is 251 Å². The van der Waals surface area contributed by atoms with Gasteiger partial charge in [-0.25, -0.2) is 0 Å². The second-order valence-corrected chi connectivity index (χ2v) is 13.4. The lowest BCUT2D eigenvalue weighted by Gasteiger charge is -2.29. The van der Waals surface area contributed by atoms with Gasteiger partial charge >= 0.3 is 0 Å². The van der Waals surface area contributed by atoms with Crippen LogP contribution in [-0.2, 0) is 29.9 Å². The van der Waals surface area contributed by atoms with E-state index >= 15 is 0 Å². The van der Waals surface area contributed by atoms with Gasteiger partial charge in [-0.3, -0.25) is 9.59 Å². The van der Waals surface area contributed by atoms with Crippen LogP contribution in [0.15, 0.2) is 48.5 Å². The van der Waals surface area contributed by atoms with Crippen molar-refractivity contribution in [3.8, 4) is 0 Å². The maximum Gasteiger partial charge on any atom is 0.222 e. The highest BCUT2D eigenvalue weighted by Crippen LogP contribution is 2.35. The van der Waals surface area contributed by atoms with Crippen LogP contribution in [0.1, 0.15) is 77.3 Å². The number of carbonyl (C=O) groups is 2. The molecule has 6 heteroatoms. The molecule has 0 aromatic heterocycles. The molecule has 3 aromatic rings. The first-order chi connectivity index (χ1) is 20.1. The van der Waals surface area contributed by atoms with Crippen molar-refractivity contribution in [2.45, 2.75) is 77.0 Å². The van der Waals surface area contributed by atoms with Gasteiger partial charge in [-0.1, -0.05) is 64.1 Å². The Morgan fingerprint density at radius 1 is 0.595 bits per heavy atom. The summed E-state index contributed by atoms with van der Waals surface area (Å²) in [4.78, 5) is 29.1. The molecular formula is C36H48N2O4. The van der Waals surface area contributed by atoms with E-state index in [1.165, 1.54) is 32.7 Å².